The van der Waals surface area contributed by atoms with Crippen LogP contribution in [0.5, 0.6) is 0 Å². The summed E-state index contributed by atoms with van der Waals surface area (Å²) in [5.74, 6) is -0.551. The van der Waals surface area contributed by atoms with Gasteiger partial charge in [0, 0.05) is 6.07 Å². The van der Waals surface area contributed by atoms with E-state index in [4.69, 9.17) is 16.5 Å². The summed E-state index contributed by atoms with van der Waals surface area (Å²) >= 11 is 5.45. The van der Waals surface area contributed by atoms with Crippen LogP contribution < -0.4 is 9.57 Å². The molecule has 0 atom stereocenters. The van der Waals surface area contributed by atoms with Gasteiger partial charge in [0.15, 0.2) is 12.4 Å². The number of hydrogen-bond donors (Lipinski definition) is 1. The Morgan fingerprint density at radius 3 is 2.94 bits per heavy atom. The van der Waals surface area contributed by atoms with Crippen LogP contribution in [-0.4, -0.2) is 18.1 Å². The fourth-order valence-electron chi connectivity index (χ4n) is 0.932. The van der Waals surface area contributed by atoms with Gasteiger partial charge in [-0.15, -0.1) is 0 Å². The smallest absolute Gasteiger partial charge is 0.344 e. The van der Waals surface area contributed by atoms with Gasteiger partial charge in [0.1, 0.15) is 12.2 Å². The zero-order valence-corrected chi connectivity index (χ0v) is 9.82. The Hall–Kier alpha value is -1.33. The summed E-state index contributed by atoms with van der Waals surface area (Å²) in [4.78, 5) is 14.0. The largest absolute Gasteiger partial charge is 0.619 e. The van der Waals surface area contributed by atoms with E-state index in [1.807, 2.05) is 0 Å². The van der Waals surface area contributed by atoms with E-state index in [1.54, 1.807) is 13.8 Å². The quantitative estimate of drug-likeness (QED) is 0.371. The summed E-state index contributed by atoms with van der Waals surface area (Å²) in [6.07, 6.45) is 2.45. The molecule has 0 spiro atoms. The number of halogens is 1. The zero-order chi connectivity index (χ0) is 12.2. The Bertz CT molecular complexity index is 382. The van der Waals surface area contributed by atoms with Crippen molar-refractivity contribution in [3.05, 3.63) is 35.3 Å². The fourth-order valence-corrected chi connectivity index (χ4v) is 0.987. The van der Waals surface area contributed by atoms with Crippen LogP contribution >= 0.6 is 11.8 Å². The normalized spacial score (nSPS) is 11.2. The molecule has 0 aromatic carbocycles. The van der Waals surface area contributed by atoms with Crippen LogP contribution in [-0.2, 0) is 4.74 Å². The monoisotopic (exact) mass is 244 g/mol. The Kier molecular flexibility index (Phi) is 4.09. The number of esters is 1. The van der Waals surface area contributed by atoms with Gasteiger partial charge in [-0.2, -0.15) is 4.73 Å². The number of nitrogens with one attached hydrogen (secondary N) is 1. The molecule has 1 heterocycles. The summed E-state index contributed by atoms with van der Waals surface area (Å²) in [7, 11) is 0. The molecule has 1 aromatic rings. The number of aromatic nitrogens is 1. The molecular formula is C10H13ClN2O3. The van der Waals surface area contributed by atoms with Gasteiger partial charge in [-0.05, 0) is 31.7 Å². The number of ether oxygens (including phenoxy) is 1. The van der Waals surface area contributed by atoms with Crippen LogP contribution in [0.1, 0.15) is 24.2 Å². The standard InChI is InChI=1S/C10H13ClN2O3/c1-10(2,12-11)7-16-9(14)8-4-3-5-13(15)6-8/h3-6,12H,7H2,1-2H3. The average molecular weight is 245 g/mol. The number of pyridine rings is 1. The van der Waals surface area contributed by atoms with Crippen molar-refractivity contribution < 1.29 is 14.3 Å². The van der Waals surface area contributed by atoms with Crippen molar-refractivity contribution in [2.45, 2.75) is 19.4 Å². The van der Waals surface area contributed by atoms with Gasteiger partial charge in [0.25, 0.3) is 0 Å². The maximum atomic E-state index is 11.5. The minimum absolute atomic E-state index is 0.114. The summed E-state index contributed by atoms with van der Waals surface area (Å²) in [6.45, 7) is 3.68. The van der Waals surface area contributed by atoms with Crippen LogP contribution in [0.2, 0.25) is 0 Å². The molecule has 16 heavy (non-hydrogen) atoms. The Labute approximate surface area is 98.7 Å². The molecule has 0 saturated carbocycles. The molecule has 0 fully saturated rings. The van der Waals surface area contributed by atoms with Gasteiger partial charge in [0.2, 0.25) is 0 Å². The van der Waals surface area contributed by atoms with E-state index in [1.165, 1.54) is 18.3 Å². The topological polar surface area (TPSA) is 65.3 Å². The van der Waals surface area contributed by atoms with Gasteiger partial charge in [-0.3, -0.25) is 0 Å². The highest BCUT2D eigenvalue weighted by atomic mass is 35.5. The fraction of sp³-hybridized carbons (Fsp3) is 0.400. The van der Waals surface area contributed by atoms with E-state index in [9.17, 15) is 10.0 Å². The number of hydrogen-bond acceptors (Lipinski definition) is 4. The molecule has 0 saturated heterocycles. The van der Waals surface area contributed by atoms with Crippen molar-refractivity contribution >= 4 is 17.7 Å². The van der Waals surface area contributed by atoms with Crippen molar-refractivity contribution in [2.24, 2.45) is 0 Å². The lowest BCUT2D eigenvalue weighted by molar-refractivity contribution is -0.605. The Morgan fingerprint density at radius 2 is 2.38 bits per heavy atom. The highest BCUT2D eigenvalue weighted by Gasteiger charge is 2.20. The minimum Gasteiger partial charge on any atom is -0.619 e. The van der Waals surface area contributed by atoms with Gasteiger partial charge in [-0.25, -0.2) is 9.63 Å². The Morgan fingerprint density at radius 1 is 1.69 bits per heavy atom. The van der Waals surface area contributed by atoms with E-state index in [2.05, 4.69) is 4.84 Å². The molecule has 0 radical (unpaired) electrons. The van der Waals surface area contributed by atoms with E-state index in [0.29, 0.717) is 4.73 Å². The maximum absolute atomic E-state index is 11.5. The van der Waals surface area contributed by atoms with Crippen molar-refractivity contribution in [2.75, 3.05) is 6.61 Å². The second-order valence-electron chi connectivity index (χ2n) is 4.01. The van der Waals surface area contributed by atoms with E-state index >= 15 is 0 Å². The number of carbonyl (C=O) groups excluding carboxylic acids is 1. The second kappa shape index (κ2) is 5.14. The third-order valence-electron chi connectivity index (χ3n) is 1.83. The molecule has 1 rings (SSSR count). The molecule has 1 N–H and O–H groups in total. The van der Waals surface area contributed by atoms with Gasteiger partial charge in [0.05, 0.1) is 5.54 Å². The van der Waals surface area contributed by atoms with Crippen LogP contribution in [0.25, 0.3) is 0 Å². The van der Waals surface area contributed by atoms with Crippen molar-refractivity contribution in [3.63, 3.8) is 0 Å². The zero-order valence-electron chi connectivity index (χ0n) is 9.07. The Balaban J connectivity index is 2.60. The van der Waals surface area contributed by atoms with Gasteiger partial charge in [-0.1, -0.05) is 0 Å². The van der Waals surface area contributed by atoms with E-state index in [-0.39, 0.29) is 12.2 Å². The third-order valence-corrected chi connectivity index (χ3v) is 2.34. The molecule has 6 heteroatoms. The first-order valence-corrected chi connectivity index (χ1v) is 5.06. The molecule has 0 aliphatic rings. The molecule has 5 nitrogen and oxygen atoms in total. The first-order chi connectivity index (χ1) is 7.44. The maximum Gasteiger partial charge on any atom is 0.344 e. The molecule has 0 aliphatic heterocycles. The molecule has 0 amide bonds. The molecule has 0 unspecified atom stereocenters. The predicted molar refractivity (Wildman–Crippen MR) is 58.8 cm³/mol. The van der Waals surface area contributed by atoms with Crippen LogP contribution in [0.15, 0.2) is 24.5 Å². The summed E-state index contributed by atoms with van der Waals surface area (Å²) in [5.41, 5.74) is -0.303. The summed E-state index contributed by atoms with van der Waals surface area (Å²) < 4.78 is 5.54. The molecule has 1 aromatic heterocycles. The van der Waals surface area contributed by atoms with E-state index < -0.39 is 11.5 Å². The van der Waals surface area contributed by atoms with Crippen LogP contribution in [0.3, 0.4) is 0 Å². The number of carbonyl (C=O) groups is 1. The number of rotatable bonds is 4. The van der Waals surface area contributed by atoms with Crippen molar-refractivity contribution in [1.82, 2.24) is 4.84 Å². The van der Waals surface area contributed by atoms with Crippen molar-refractivity contribution in [3.8, 4) is 0 Å². The molecule has 0 bridgehead atoms. The predicted octanol–water partition coefficient (Wildman–Crippen LogP) is 0.999. The first-order valence-electron chi connectivity index (χ1n) is 4.68. The summed E-state index contributed by atoms with van der Waals surface area (Å²) in [6, 6.07) is 2.99. The minimum atomic E-state index is -0.551. The number of nitrogens with zero attached hydrogens (tertiary/aromatic N) is 1. The lowest BCUT2D eigenvalue weighted by atomic mass is 10.1. The average Bonchev–Trinajstić information content (AvgIpc) is 2.26. The molecule has 0 aliphatic carbocycles. The molecular weight excluding hydrogens is 232 g/mol. The summed E-state index contributed by atoms with van der Waals surface area (Å²) in [5, 5.41) is 10.9. The lowest BCUT2D eigenvalue weighted by Gasteiger charge is -2.21. The second-order valence-corrected chi connectivity index (χ2v) is 4.20. The third kappa shape index (κ3) is 3.67. The highest BCUT2D eigenvalue weighted by Crippen LogP contribution is 2.06. The molecule has 88 valence electrons. The van der Waals surface area contributed by atoms with Crippen LogP contribution in [0, 0.1) is 5.21 Å². The van der Waals surface area contributed by atoms with Gasteiger partial charge < -0.3 is 9.94 Å². The highest BCUT2D eigenvalue weighted by molar-refractivity contribution is 6.13. The van der Waals surface area contributed by atoms with Crippen LogP contribution in [0.4, 0.5) is 0 Å². The van der Waals surface area contributed by atoms with E-state index in [0.717, 1.165) is 6.20 Å². The van der Waals surface area contributed by atoms with Crippen molar-refractivity contribution in [1.29, 1.82) is 0 Å². The SMILES string of the molecule is CC(C)(COC(=O)c1ccc[n+]([O-])c1)NCl. The lowest BCUT2D eigenvalue weighted by Crippen LogP contribution is -2.38. The first kappa shape index (κ1) is 12.7. The van der Waals surface area contributed by atoms with Gasteiger partial charge >= 0.3 is 5.97 Å².